The van der Waals surface area contributed by atoms with Crippen LogP contribution in [0.5, 0.6) is 11.5 Å². The van der Waals surface area contributed by atoms with Gasteiger partial charge in [-0.25, -0.2) is 9.09 Å². The molecule has 10 heteroatoms. The fourth-order valence-corrected chi connectivity index (χ4v) is 5.36. The molecule has 1 saturated carbocycles. The summed E-state index contributed by atoms with van der Waals surface area (Å²) in [6.45, 7) is 1.47. The highest BCUT2D eigenvalue weighted by atomic mass is 31.2. The van der Waals surface area contributed by atoms with E-state index in [1.54, 1.807) is 14.2 Å². The van der Waals surface area contributed by atoms with Crippen LogP contribution in [0.2, 0.25) is 0 Å². The van der Waals surface area contributed by atoms with Gasteiger partial charge < -0.3 is 29.1 Å². The molecule has 176 valence electrons. The van der Waals surface area contributed by atoms with Gasteiger partial charge in [0.05, 0.1) is 27.4 Å². The minimum absolute atomic E-state index is 0.0421. The van der Waals surface area contributed by atoms with Crippen LogP contribution in [0.25, 0.3) is 0 Å². The molecule has 0 aromatic heterocycles. The van der Waals surface area contributed by atoms with Crippen molar-refractivity contribution >= 4 is 7.82 Å². The van der Waals surface area contributed by atoms with Crippen LogP contribution >= 0.6 is 7.82 Å². The maximum atomic E-state index is 11.4. The number of aliphatic hydroxyl groups excluding tert-OH is 1. The summed E-state index contributed by atoms with van der Waals surface area (Å²) in [5.41, 5.74) is 1.08. The Balaban J connectivity index is 1.66. The van der Waals surface area contributed by atoms with Crippen molar-refractivity contribution in [1.82, 2.24) is 0 Å². The second-order valence-corrected chi connectivity index (χ2v) is 9.76. The first-order valence-electron chi connectivity index (χ1n) is 10.8. The van der Waals surface area contributed by atoms with Gasteiger partial charge in [-0.15, -0.1) is 0 Å². The molecule has 0 spiro atoms. The molecule has 0 amide bonds. The van der Waals surface area contributed by atoms with Gasteiger partial charge in [0.25, 0.3) is 0 Å². The molecule has 0 radical (unpaired) electrons. The number of nitrogens with zero attached hydrogens (tertiary/aromatic N) is 1. The van der Waals surface area contributed by atoms with Gasteiger partial charge >= 0.3 is 7.82 Å². The molecule has 1 aromatic rings. The molecule has 31 heavy (non-hydrogen) atoms. The third kappa shape index (κ3) is 6.42. The van der Waals surface area contributed by atoms with Crippen LogP contribution in [-0.4, -0.2) is 78.3 Å². The zero-order valence-corrected chi connectivity index (χ0v) is 19.2. The zero-order valence-electron chi connectivity index (χ0n) is 18.3. The van der Waals surface area contributed by atoms with Gasteiger partial charge in [0, 0.05) is 12.8 Å². The van der Waals surface area contributed by atoms with E-state index < -0.39 is 13.9 Å². The second-order valence-electron chi connectivity index (χ2n) is 8.52. The van der Waals surface area contributed by atoms with Crippen molar-refractivity contribution < 1.29 is 42.7 Å². The largest absolute Gasteiger partial charge is 0.493 e. The van der Waals surface area contributed by atoms with Crippen LogP contribution in [0, 0.1) is 0 Å². The Kier molecular flexibility index (Phi) is 8.37. The Morgan fingerprint density at radius 1 is 1.10 bits per heavy atom. The average molecular weight is 460 g/mol. The minimum atomic E-state index is -4.59. The Bertz CT molecular complexity index is 772. The maximum Gasteiger partial charge on any atom is 0.474 e. The molecule has 1 aliphatic heterocycles. The molecular weight excluding hydrogens is 425 g/mol. The molecule has 3 N–H and O–H groups in total. The lowest BCUT2D eigenvalue weighted by Gasteiger charge is -2.46. The van der Waals surface area contributed by atoms with E-state index in [0.717, 1.165) is 31.2 Å². The minimum Gasteiger partial charge on any atom is -0.493 e. The Morgan fingerprint density at radius 2 is 1.84 bits per heavy atom. The highest BCUT2D eigenvalue weighted by Gasteiger charge is 2.49. The van der Waals surface area contributed by atoms with E-state index in [1.807, 2.05) is 18.2 Å². The predicted molar refractivity (Wildman–Crippen MR) is 114 cm³/mol. The zero-order chi connectivity index (χ0) is 22.5. The lowest BCUT2D eigenvalue weighted by molar-refractivity contribution is -0.960. The van der Waals surface area contributed by atoms with Gasteiger partial charge in [-0.05, 0) is 37.0 Å². The smallest absolute Gasteiger partial charge is 0.474 e. The summed E-state index contributed by atoms with van der Waals surface area (Å²) in [6.07, 6.45) is 4.64. The number of rotatable bonds is 10. The topological polar surface area (TPSA) is 115 Å². The van der Waals surface area contributed by atoms with E-state index in [4.69, 9.17) is 18.7 Å². The Morgan fingerprint density at radius 3 is 2.48 bits per heavy atom. The van der Waals surface area contributed by atoms with Gasteiger partial charge in [0.15, 0.2) is 18.2 Å². The molecule has 2 fully saturated rings. The Labute approximate surface area is 183 Å². The van der Waals surface area contributed by atoms with Gasteiger partial charge in [0.2, 0.25) is 0 Å². The summed E-state index contributed by atoms with van der Waals surface area (Å²) in [5.74, 6) is 1.37. The number of benzene rings is 1. The van der Waals surface area contributed by atoms with Gasteiger partial charge in [0.1, 0.15) is 24.8 Å². The van der Waals surface area contributed by atoms with Crippen molar-refractivity contribution in [2.75, 3.05) is 40.6 Å². The van der Waals surface area contributed by atoms with Crippen molar-refractivity contribution in [1.29, 1.82) is 0 Å². The van der Waals surface area contributed by atoms with Crippen LogP contribution in [0.4, 0.5) is 0 Å². The molecular formula is C21H35NO8P+. The summed E-state index contributed by atoms with van der Waals surface area (Å²) >= 11 is 0. The third-order valence-corrected chi connectivity index (χ3v) is 6.96. The maximum absolute atomic E-state index is 11.4. The van der Waals surface area contributed by atoms with Crippen molar-refractivity contribution in [2.24, 2.45) is 0 Å². The third-order valence-electron chi connectivity index (χ3n) is 6.51. The van der Waals surface area contributed by atoms with E-state index in [1.165, 1.54) is 0 Å². The van der Waals surface area contributed by atoms with Crippen molar-refractivity contribution in [3.8, 4) is 11.5 Å². The molecule has 2 aliphatic rings. The van der Waals surface area contributed by atoms with E-state index in [9.17, 15) is 19.5 Å². The molecule has 1 heterocycles. The number of aliphatic hydroxyl groups is 1. The fraction of sp³-hybridized carbons (Fsp3) is 0.714. The number of phosphoric ester groups is 1. The number of likely N-dealkylation sites (tertiary alicyclic amines) is 1. The molecule has 0 unspecified atom stereocenters. The Hall–Kier alpha value is -1.19. The lowest BCUT2D eigenvalue weighted by Crippen LogP contribution is -2.61. The standard InChI is InChI=1S/C21H34NO8P/c1-27-20-8-7-16(13-21(20)28-2)10-12-29-19-6-4-3-5-18(19)22(11-9-17(23)14-22)15-30-31(24,25)26/h7-8,13,17-19,23H,3-6,9-12,14-15H2,1-2H3,(H-,24,25,26)/p+1/t17-,18-,19+,22-/m1/s1. The normalized spacial score (nSPS) is 29.1. The van der Waals surface area contributed by atoms with Crippen LogP contribution in [-0.2, 0) is 20.2 Å². The quantitative estimate of drug-likeness (QED) is 0.360. The first kappa shape index (κ1) is 24.5. The van der Waals surface area contributed by atoms with E-state index >= 15 is 0 Å². The highest BCUT2D eigenvalue weighted by molar-refractivity contribution is 7.46. The number of quaternary nitrogens is 1. The SMILES string of the molecule is COc1ccc(CCO[C@H]2CCCC[C@H]2[N@+]2(COP(=O)(O)O)CC[C@@H](O)C2)cc1OC. The van der Waals surface area contributed by atoms with Gasteiger partial charge in [-0.2, -0.15) is 0 Å². The molecule has 1 aliphatic carbocycles. The average Bonchev–Trinajstić information content (AvgIpc) is 3.14. The second kappa shape index (κ2) is 10.6. The molecule has 9 nitrogen and oxygen atoms in total. The predicted octanol–water partition coefficient (Wildman–Crippen LogP) is 2.22. The molecule has 3 rings (SSSR count). The van der Waals surface area contributed by atoms with Crippen molar-refractivity contribution in [2.45, 2.75) is 56.8 Å². The first-order valence-corrected chi connectivity index (χ1v) is 12.4. The first-order chi connectivity index (χ1) is 14.8. The summed E-state index contributed by atoms with van der Waals surface area (Å²) < 4.78 is 33.6. The van der Waals surface area contributed by atoms with Crippen LogP contribution in [0.15, 0.2) is 18.2 Å². The molecule has 0 bridgehead atoms. The van der Waals surface area contributed by atoms with Crippen LogP contribution in [0.1, 0.15) is 37.7 Å². The molecule has 1 aromatic carbocycles. The van der Waals surface area contributed by atoms with E-state index in [2.05, 4.69) is 0 Å². The number of hydrogen-bond acceptors (Lipinski definition) is 6. The van der Waals surface area contributed by atoms with Gasteiger partial charge in [-0.1, -0.05) is 12.5 Å². The lowest BCUT2D eigenvalue weighted by atomic mass is 9.89. The summed E-state index contributed by atoms with van der Waals surface area (Å²) in [7, 11) is -1.37. The number of phosphoric acid groups is 1. The summed E-state index contributed by atoms with van der Waals surface area (Å²) in [6, 6.07) is 5.85. The van der Waals surface area contributed by atoms with E-state index in [0.29, 0.717) is 48.5 Å². The fourth-order valence-electron chi connectivity index (χ4n) is 4.98. The van der Waals surface area contributed by atoms with Crippen LogP contribution < -0.4 is 9.47 Å². The molecule has 1 saturated heterocycles. The number of methoxy groups -OCH3 is 2. The molecule has 4 atom stereocenters. The summed E-state index contributed by atoms with van der Waals surface area (Å²) in [4.78, 5) is 18.5. The number of ether oxygens (including phenoxy) is 3. The highest BCUT2D eigenvalue weighted by Crippen LogP contribution is 2.41. The monoisotopic (exact) mass is 460 g/mol. The van der Waals surface area contributed by atoms with Crippen LogP contribution in [0.3, 0.4) is 0 Å². The number of hydrogen-bond donors (Lipinski definition) is 3. The summed E-state index contributed by atoms with van der Waals surface area (Å²) in [5, 5.41) is 10.2. The van der Waals surface area contributed by atoms with Crippen molar-refractivity contribution in [3.05, 3.63) is 23.8 Å². The van der Waals surface area contributed by atoms with Crippen molar-refractivity contribution in [3.63, 3.8) is 0 Å². The van der Waals surface area contributed by atoms with Gasteiger partial charge in [-0.3, -0.25) is 4.48 Å². The van der Waals surface area contributed by atoms with E-state index in [-0.39, 0.29) is 18.9 Å².